The van der Waals surface area contributed by atoms with Crippen LogP contribution in [0, 0.1) is 0 Å². The maximum absolute atomic E-state index is 5.64. The van der Waals surface area contributed by atoms with Gasteiger partial charge in [0.1, 0.15) is 0 Å². The lowest BCUT2D eigenvalue weighted by Gasteiger charge is -1.94. The summed E-state index contributed by atoms with van der Waals surface area (Å²) in [6.45, 7) is 0. The first-order valence-electron chi connectivity index (χ1n) is 3.25. The summed E-state index contributed by atoms with van der Waals surface area (Å²) in [7, 11) is 0. The molecule has 0 fully saturated rings. The lowest BCUT2D eigenvalue weighted by molar-refractivity contribution is 1.34. The van der Waals surface area contributed by atoms with Gasteiger partial charge in [0.25, 0.3) is 0 Å². The third-order valence-electron chi connectivity index (χ3n) is 1.65. The molecule has 0 aliphatic rings. The summed E-state index contributed by atoms with van der Waals surface area (Å²) >= 11 is 0. The number of rotatable bonds is 0. The van der Waals surface area contributed by atoms with E-state index in [1.165, 1.54) is 0 Å². The number of aromatic amines is 1. The number of nitrogens with one attached hydrogen (secondary N) is 1. The first kappa shape index (κ1) is 6.03. The Bertz CT molecular complexity index is 390. The predicted molar refractivity (Wildman–Crippen MR) is 44.9 cm³/mol. The van der Waals surface area contributed by atoms with E-state index in [1.54, 1.807) is 18.6 Å². The molecule has 2 rings (SSSR count). The quantitative estimate of drug-likeness (QED) is 0.515. The van der Waals surface area contributed by atoms with Crippen molar-refractivity contribution in [3.63, 3.8) is 0 Å². The molecule has 0 saturated heterocycles. The number of H-pyrrole nitrogens is 1. The van der Waals surface area contributed by atoms with E-state index in [9.17, 15) is 0 Å². The molecule has 4 heteroatoms. The van der Waals surface area contributed by atoms with Crippen LogP contribution in [0.1, 0.15) is 0 Å². The molecule has 56 valence electrons. The average Bonchev–Trinajstić information content (AvgIpc) is 2.34. The Labute approximate surface area is 63.2 Å². The van der Waals surface area contributed by atoms with Gasteiger partial charge >= 0.3 is 0 Å². The summed E-state index contributed by atoms with van der Waals surface area (Å²) in [5, 5.41) is 0.861. The number of fused-ring (bicyclic) bond motifs is 1. The Kier molecular flexibility index (Phi) is 1.03. The number of nitrogen functional groups attached to an aromatic ring is 2. The van der Waals surface area contributed by atoms with Gasteiger partial charge < -0.3 is 16.5 Å². The molecule has 0 spiro atoms. The minimum Gasteiger partial charge on any atom is -0.397 e. The third-order valence-corrected chi connectivity index (χ3v) is 1.65. The van der Waals surface area contributed by atoms with Gasteiger partial charge in [-0.1, -0.05) is 0 Å². The maximum atomic E-state index is 5.64. The van der Waals surface area contributed by atoms with Crippen molar-refractivity contribution in [2.24, 2.45) is 0 Å². The normalized spacial score (nSPS) is 10.5. The SMILES string of the molecule is Nc1cncc2[nH]cc(N)c12. The average molecular weight is 148 g/mol. The van der Waals surface area contributed by atoms with Crippen molar-refractivity contribution >= 4 is 22.3 Å². The van der Waals surface area contributed by atoms with Crippen LogP contribution in [0.25, 0.3) is 10.9 Å². The van der Waals surface area contributed by atoms with Crippen LogP contribution in [-0.4, -0.2) is 9.97 Å². The van der Waals surface area contributed by atoms with Gasteiger partial charge in [-0.15, -0.1) is 0 Å². The number of anilines is 2. The molecule has 0 amide bonds. The van der Waals surface area contributed by atoms with Gasteiger partial charge in [0.15, 0.2) is 0 Å². The van der Waals surface area contributed by atoms with Gasteiger partial charge in [0, 0.05) is 11.6 Å². The molecular formula is C7H8N4. The number of nitrogens with zero attached hydrogens (tertiary/aromatic N) is 1. The number of nitrogens with two attached hydrogens (primary N) is 2. The summed E-state index contributed by atoms with van der Waals surface area (Å²) in [6, 6.07) is 0. The topological polar surface area (TPSA) is 80.7 Å². The van der Waals surface area contributed by atoms with Crippen molar-refractivity contribution in [1.82, 2.24) is 9.97 Å². The van der Waals surface area contributed by atoms with E-state index < -0.39 is 0 Å². The zero-order valence-corrected chi connectivity index (χ0v) is 5.83. The van der Waals surface area contributed by atoms with Crippen LogP contribution in [0.3, 0.4) is 0 Å². The summed E-state index contributed by atoms with van der Waals surface area (Å²) in [6.07, 6.45) is 5.00. The number of pyridine rings is 1. The van der Waals surface area contributed by atoms with Crippen LogP contribution in [0.15, 0.2) is 18.6 Å². The van der Waals surface area contributed by atoms with Crippen molar-refractivity contribution in [3.05, 3.63) is 18.6 Å². The molecule has 2 aromatic heterocycles. The van der Waals surface area contributed by atoms with Crippen LogP contribution in [0.2, 0.25) is 0 Å². The number of aromatic nitrogens is 2. The van der Waals surface area contributed by atoms with Crippen molar-refractivity contribution in [2.45, 2.75) is 0 Å². The smallest absolute Gasteiger partial charge is 0.0682 e. The fraction of sp³-hybridized carbons (Fsp3) is 0. The van der Waals surface area contributed by atoms with Gasteiger partial charge in [0.05, 0.1) is 29.3 Å². The monoisotopic (exact) mass is 148 g/mol. The minimum absolute atomic E-state index is 0.612. The van der Waals surface area contributed by atoms with Gasteiger partial charge in [-0.25, -0.2) is 0 Å². The molecule has 2 heterocycles. The van der Waals surface area contributed by atoms with Crippen LogP contribution < -0.4 is 11.5 Å². The van der Waals surface area contributed by atoms with Crippen molar-refractivity contribution in [1.29, 1.82) is 0 Å². The Hall–Kier alpha value is -1.71. The number of hydrogen-bond acceptors (Lipinski definition) is 3. The first-order valence-corrected chi connectivity index (χ1v) is 3.25. The Morgan fingerprint density at radius 3 is 2.73 bits per heavy atom. The van der Waals surface area contributed by atoms with Gasteiger partial charge in [-0.2, -0.15) is 0 Å². The van der Waals surface area contributed by atoms with E-state index in [4.69, 9.17) is 11.5 Å². The molecule has 0 aliphatic heterocycles. The van der Waals surface area contributed by atoms with Gasteiger partial charge in [-0.3, -0.25) is 4.98 Å². The fourth-order valence-electron chi connectivity index (χ4n) is 1.14. The minimum atomic E-state index is 0.612. The van der Waals surface area contributed by atoms with Crippen molar-refractivity contribution in [3.8, 4) is 0 Å². The van der Waals surface area contributed by atoms with E-state index in [1.807, 2.05) is 0 Å². The summed E-state index contributed by atoms with van der Waals surface area (Å²) < 4.78 is 0. The Balaban J connectivity index is 2.96. The first-order chi connectivity index (χ1) is 5.29. The molecule has 0 aromatic carbocycles. The molecule has 0 aliphatic carbocycles. The summed E-state index contributed by atoms with van der Waals surface area (Å²) in [5.74, 6) is 0. The highest BCUT2D eigenvalue weighted by atomic mass is 14.8. The molecule has 4 nitrogen and oxygen atoms in total. The van der Waals surface area contributed by atoms with Crippen molar-refractivity contribution < 1.29 is 0 Å². The second-order valence-electron chi connectivity index (χ2n) is 2.40. The molecule has 11 heavy (non-hydrogen) atoms. The van der Waals surface area contributed by atoms with E-state index in [0.29, 0.717) is 11.4 Å². The highest BCUT2D eigenvalue weighted by Crippen LogP contribution is 2.24. The molecule has 2 aromatic rings. The van der Waals surface area contributed by atoms with Gasteiger partial charge in [0.2, 0.25) is 0 Å². The van der Waals surface area contributed by atoms with E-state index in [2.05, 4.69) is 9.97 Å². The van der Waals surface area contributed by atoms with Gasteiger partial charge in [-0.05, 0) is 0 Å². The zero-order valence-electron chi connectivity index (χ0n) is 5.83. The standard InChI is InChI=1S/C7H8N4/c8-4-1-10-3-6-7(4)5(9)2-11-6/h1-3,11H,8-9H2. The largest absolute Gasteiger partial charge is 0.397 e. The second kappa shape index (κ2) is 1.88. The van der Waals surface area contributed by atoms with Crippen LogP contribution in [-0.2, 0) is 0 Å². The lowest BCUT2D eigenvalue weighted by Crippen LogP contribution is -1.89. The molecular weight excluding hydrogens is 140 g/mol. The van der Waals surface area contributed by atoms with Crippen LogP contribution in [0.4, 0.5) is 11.4 Å². The zero-order chi connectivity index (χ0) is 7.84. The summed E-state index contributed by atoms with van der Waals surface area (Å²) in [5.41, 5.74) is 13.4. The predicted octanol–water partition coefficient (Wildman–Crippen LogP) is 0.727. The molecule has 0 unspecified atom stereocenters. The molecule has 5 N–H and O–H groups in total. The number of hydrogen-bond donors (Lipinski definition) is 3. The highest BCUT2D eigenvalue weighted by Gasteiger charge is 2.02. The van der Waals surface area contributed by atoms with Crippen LogP contribution >= 0.6 is 0 Å². The van der Waals surface area contributed by atoms with Crippen LogP contribution in [0.5, 0.6) is 0 Å². The van der Waals surface area contributed by atoms with E-state index in [0.717, 1.165) is 10.9 Å². The molecule has 0 bridgehead atoms. The van der Waals surface area contributed by atoms with E-state index in [-0.39, 0.29) is 0 Å². The molecule has 0 saturated carbocycles. The Morgan fingerprint density at radius 1 is 1.18 bits per heavy atom. The highest BCUT2D eigenvalue weighted by molar-refractivity contribution is 5.99. The lowest BCUT2D eigenvalue weighted by atomic mass is 10.2. The fourth-order valence-corrected chi connectivity index (χ4v) is 1.14. The Morgan fingerprint density at radius 2 is 2.00 bits per heavy atom. The van der Waals surface area contributed by atoms with E-state index >= 15 is 0 Å². The molecule has 0 atom stereocenters. The maximum Gasteiger partial charge on any atom is 0.0682 e. The molecule has 0 radical (unpaired) electrons. The second-order valence-corrected chi connectivity index (χ2v) is 2.40. The summed E-state index contributed by atoms with van der Waals surface area (Å²) in [4.78, 5) is 6.88. The third kappa shape index (κ3) is 0.724. The van der Waals surface area contributed by atoms with Crippen molar-refractivity contribution in [2.75, 3.05) is 11.5 Å².